The fourth-order valence-corrected chi connectivity index (χ4v) is 1.85. The Morgan fingerprint density at radius 1 is 1.11 bits per heavy atom. The number of amides is 1. The lowest BCUT2D eigenvalue weighted by Crippen LogP contribution is -2.37. The maximum Gasteiger partial charge on any atom is 0.466 e. The number of aromatic nitrogens is 2. The van der Waals surface area contributed by atoms with Crippen molar-refractivity contribution in [1.82, 2.24) is 9.55 Å². The molecule has 2 rings (SSSR count). The normalized spacial score (nSPS) is 24.5. The summed E-state index contributed by atoms with van der Waals surface area (Å²) in [5.74, 6) is -0.963. The SMILES string of the molecule is C[C@H]1O[C@@H](n2ccnc(C(N)=O)c2=O)[C@H](O)[C@@H]1O.O=P(O)(O)O.O=P(O)(O)O. The van der Waals surface area contributed by atoms with Crippen LogP contribution in [0.25, 0.3) is 0 Å². The lowest BCUT2D eigenvalue weighted by Gasteiger charge is -2.17. The van der Waals surface area contributed by atoms with E-state index in [1.807, 2.05) is 0 Å². The molecule has 28 heavy (non-hydrogen) atoms. The van der Waals surface area contributed by atoms with E-state index in [1.165, 1.54) is 12.4 Å². The van der Waals surface area contributed by atoms with E-state index in [9.17, 15) is 19.8 Å². The van der Waals surface area contributed by atoms with Crippen molar-refractivity contribution in [1.29, 1.82) is 0 Å². The van der Waals surface area contributed by atoms with Gasteiger partial charge in [-0.1, -0.05) is 0 Å². The summed E-state index contributed by atoms with van der Waals surface area (Å²) in [6, 6.07) is 0. The molecule has 0 spiro atoms. The molecule has 0 bridgehead atoms. The number of primary amides is 1. The minimum atomic E-state index is -4.64. The molecule has 1 aliphatic heterocycles. The molecular formula is C10H19N3O13P2. The molecule has 1 amide bonds. The van der Waals surface area contributed by atoms with Crippen LogP contribution in [0.5, 0.6) is 0 Å². The number of carbonyl (C=O) groups excluding carboxylic acids is 1. The Kier molecular flexibility index (Phi) is 9.72. The number of nitrogens with two attached hydrogens (primary N) is 1. The van der Waals surface area contributed by atoms with Gasteiger partial charge in [-0.15, -0.1) is 0 Å². The molecule has 2 heterocycles. The minimum Gasteiger partial charge on any atom is -0.388 e. The number of hydrogen-bond acceptors (Lipinski definition) is 8. The standard InChI is InChI=1S/C10H13N3O5.2H3O4P/c1-4-6(14)7(15)10(18-4)13-3-2-12-5(8(11)16)9(13)17;2*1-5(2,3)4/h2-4,6-7,10,14-15H,1H3,(H2,11,16);2*(H3,1,2,3,4)/t4-,6-,7-,10-;;/m1../s1. The first kappa shape index (κ1) is 26.4. The molecule has 1 aromatic heterocycles. The van der Waals surface area contributed by atoms with Gasteiger partial charge in [0.2, 0.25) is 0 Å². The van der Waals surface area contributed by atoms with Gasteiger partial charge in [0.15, 0.2) is 11.9 Å². The summed E-state index contributed by atoms with van der Waals surface area (Å²) in [6.07, 6.45) is -1.60. The van der Waals surface area contributed by atoms with Crippen LogP contribution in [0.15, 0.2) is 17.2 Å². The molecule has 4 atom stereocenters. The van der Waals surface area contributed by atoms with Crippen molar-refractivity contribution in [3.8, 4) is 0 Å². The zero-order valence-electron chi connectivity index (χ0n) is 13.9. The Morgan fingerprint density at radius 2 is 1.54 bits per heavy atom. The lowest BCUT2D eigenvalue weighted by atomic mass is 10.1. The highest BCUT2D eigenvalue weighted by Gasteiger charge is 2.41. The van der Waals surface area contributed by atoms with E-state index in [2.05, 4.69) is 4.98 Å². The number of nitrogens with zero attached hydrogens (tertiary/aromatic N) is 2. The molecule has 162 valence electrons. The number of phosphoric acid groups is 2. The van der Waals surface area contributed by atoms with E-state index >= 15 is 0 Å². The molecule has 1 aliphatic rings. The number of aliphatic hydroxyl groups excluding tert-OH is 2. The first-order chi connectivity index (χ1) is 12.4. The van der Waals surface area contributed by atoms with Crippen LogP contribution in [-0.2, 0) is 13.9 Å². The lowest BCUT2D eigenvalue weighted by molar-refractivity contribution is -0.0345. The average Bonchev–Trinajstić information content (AvgIpc) is 2.71. The van der Waals surface area contributed by atoms with Crippen molar-refractivity contribution in [2.45, 2.75) is 31.5 Å². The monoisotopic (exact) mass is 451 g/mol. The second-order valence-electron chi connectivity index (χ2n) is 5.09. The van der Waals surface area contributed by atoms with E-state index in [4.69, 9.17) is 49.0 Å². The number of ether oxygens (including phenoxy) is 1. The third kappa shape index (κ3) is 10.1. The maximum atomic E-state index is 11.9. The topological polar surface area (TPSA) is 283 Å². The van der Waals surface area contributed by atoms with E-state index < -0.39 is 57.3 Å². The van der Waals surface area contributed by atoms with Gasteiger partial charge >= 0.3 is 15.6 Å². The molecule has 18 heteroatoms. The number of rotatable bonds is 2. The Labute approximate surface area is 156 Å². The molecule has 1 saturated heterocycles. The van der Waals surface area contributed by atoms with Gasteiger partial charge in [0.25, 0.3) is 11.5 Å². The summed E-state index contributed by atoms with van der Waals surface area (Å²) in [4.78, 5) is 69.6. The Balaban J connectivity index is 0.000000607. The van der Waals surface area contributed by atoms with Gasteiger partial charge in [-0.2, -0.15) is 0 Å². The van der Waals surface area contributed by atoms with Crippen molar-refractivity contribution >= 4 is 21.6 Å². The Bertz CT molecular complexity index is 780. The van der Waals surface area contributed by atoms with Crippen molar-refractivity contribution in [3.63, 3.8) is 0 Å². The van der Waals surface area contributed by atoms with Crippen LogP contribution in [0.2, 0.25) is 0 Å². The van der Waals surface area contributed by atoms with Crippen LogP contribution in [0.4, 0.5) is 0 Å². The third-order valence-corrected chi connectivity index (χ3v) is 2.85. The summed E-state index contributed by atoms with van der Waals surface area (Å²) in [5, 5.41) is 19.3. The second-order valence-corrected chi connectivity index (χ2v) is 7.15. The zero-order chi connectivity index (χ0) is 22.4. The second kappa shape index (κ2) is 10.3. The van der Waals surface area contributed by atoms with Crippen molar-refractivity contribution in [2.75, 3.05) is 0 Å². The first-order valence-electron chi connectivity index (χ1n) is 6.88. The van der Waals surface area contributed by atoms with Gasteiger partial charge in [-0.05, 0) is 6.92 Å². The van der Waals surface area contributed by atoms with E-state index in [-0.39, 0.29) is 0 Å². The van der Waals surface area contributed by atoms with Gasteiger partial charge in [0.1, 0.15) is 12.2 Å². The first-order valence-corrected chi connectivity index (χ1v) is 10.0. The van der Waals surface area contributed by atoms with Crippen LogP contribution < -0.4 is 11.3 Å². The van der Waals surface area contributed by atoms with Crippen molar-refractivity contribution < 1.29 is 58.2 Å². The number of hydrogen-bond donors (Lipinski definition) is 9. The van der Waals surface area contributed by atoms with Crippen molar-refractivity contribution in [2.24, 2.45) is 5.73 Å². The highest BCUT2D eigenvalue weighted by molar-refractivity contribution is 7.45. The molecule has 0 aliphatic carbocycles. The summed E-state index contributed by atoms with van der Waals surface area (Å²) in [6.45, 7) is 1.56. The number of aliphatic hydroxyl groups is 2. The van der Waals surface area contributed by atoms with Crippen molar-refractivity contribution in [3.05, 3.63) is 28.4 Å². The minimum absolute atomic E-state index is 0.442. The highest BCUT2D eigenvalue weighted by atomic mass is 31.2. The molecule has 0 unspecified atom stereocenters. The molecule has 0 radical (unpaired) electrons. The fraction of sp³-hybridized carbons (Fsp3) is 0.500. The van der Waals surface area contributed by atoms with Crippen LogP contribution in [-0.4, -0.2) is 73.3 Å². The van der Waals surface area contributed by atoms with E-state index in [0.717, 1.165) is 4.57 Å². The predicted octanol–water partition coefficient (Wildman–Crippen LogP) is -3.88. The van der Waals surface area contributed by atoms with Gasteiger partial charge < -0.3 is 50.0 Å². The molecule has 16 nitrogen and oxygen atoms in total. The number of carbonyl (C=O) groups is 1. The molecule has 0 aromatic carbocycles. The van der Waals surface area contributed by atoms with Crippen LogP contribution in [0, 0.1) is 0 Å². The molecule has 1 fully saturated rings. The Hall–Kier alpha value is -1.55. The zero-order valence-corrected chi connectivity index (χ0v) is 15.7. The van der Waals surface area contributed by atoms with Crippen LogP contribution in [0.1, 0.15) is 23.6 Å². The van der Waals surface area contributed by atoms with Gasteiger partial charge in [0, 0.05) is 12.4 Å². The van der Waals surface area contributed by atoms with Crippen LogP contribution in [0.3, 0.4) is 0 Å². The van der Waals surface area contributed by atoms with Gasteiger partial charge in [0.05, 0.1) is 6.10 Å². The van der Waals surface area contributed by atoms with E-state index in [0.29, 0.717) is 0 Å². The summed E-state index contributed by atoms with van der Waals surface area (Å²) in [7, 11) is -9.28. The summed E-state index contributed by atoms with van der Waals surface area (Å²) >= 11 is 0. The predicted molar refractivity (Wildman–Crippen MR) is 87.1 cm³/mol. The smallest absolute Gasteiger partial charge is 0.388 e. The highest BCUT2D eigenvalue weighted by Crippen LogP contribution is 2.28. The largest absolute Gasteiger partial charge is 0.466 e. The molecule has 1 aromatic rings. The Morgan fingerprint density at radius 3 is 1.86 bits per heavy atom. The molecule has 0 saturated carbocycles. The molecular weight excluding hydrogens is 432 g/mol. The average molecular weight is 451 g/mol. The quantitative estimate of drug-likeness (QED) is 0.194. The maximum absolute atomic E-state index is 11.9. The van der Waals surface area contributed by atoms with Gasteiger partial charge in [-0.3, -0.25) is 14.2 Å². The third-order valence-electron chi connectivity index (χ3n) is 2.85. The fourth-order valence-electron chi connectivity index (χ4n) is 1.85. The van der Waals surface area contributed by atoms with Gasteiger partial charge in [-0.25, -0.2) is 14.1 Å². The van der Waals surface area contributed by atoms with E-state index in [1.54, 1.807) is 6.92 Å². The summed E-state index contributed by atoms with van der Waals surface area (Å²) in [5.41, 5.74) is 3.79. The molecule has 10 N–H and O–H groups in total. The van der Waals surface area contributed by atoms with Crippen LogP contribution >= 0.6 is 15.6 Å². The summed E-state index contributed by atoms with van der Waals surface area (Å²) < 4.78 is 24.0.